The summed E-state index contributed by atoms with van der Waals surface area (Å²) < 4.78 is 46.9. The third-order valence-corrected chi connectivity index (χ3v) is 14.5. The van der Waals surface area contributed by atoms with Crippen molar-refractivity contribution in [2.45, 2.75) is 5.41 Å². The molecule has 71 heavy (non-hydrogen) atoms. The Morgan fingerprint density at radius 1 is 0.324 bits per heavy atom. The number of rotatable bonds is 8. The molecule has 0 radical (unpaired) electrons. The first-order valence-electron chi connectivity index (χ1n) is 23.8. The number of benzene rings is 11. The van der Waals surface area contributed by atoms with Crippen molar-refractivity contribution < 1.29 is 17.6 Å². The van der Waals surface area contributed by atoms with Gasteiger partial charge in [-0.2, -0.15) is 0 Å². The Kier molecular flexibility index (Phi) is 9.14. The Morgan fingerprint density at radius 3 is 1.35 bits per heavy atom. The predicted octanol–water partition coefficient (Wildman–Crippen LogP) is 18.2. The number of furan rings is 2. The predicted molar refractivity (Wildman–Crippen MR) is 285 cm³/mol. The summed E-state index contributed by atoms with van der Waals surface area (Å²) in [5, 5.41) is 5.77. The number of fused-ring (bicyclic) bond motifs is 11. The van der Waals surface area contributed by atoms with Crippen LogP contribution in [0, 0.1) is 11.6 Å². The average molecular weight is 919 g/mol. The lowest BCUT2D eigenvalue weighted by Crippen LogP contribution is -2.29. The normalized spacial score (nSPS) is 12.8. The molecule has 14 rings (SSSR count). The van der Waals surface area contributed by atoms with Crippen molar-refractivity contribution in [2.24, 2.45) is 0 Å². The van der Waals surface area contributed by atoms with Gasteiger partial charge in [0.05, 0.1) is 33.9 Å². The molecule has 6 heteroatoms. The standard InChI is InChI=1S/C65H40F2N2O2/c66-53-29-11-13-31-55(53)68(57-33-17-27-48-45-24-9-15-35-60(45)70-63(48)57)43-37-38-50-51(39-43)65(41-19-3-1-4-20-41,42-21-5-2-6-22-42)52-40-59(44-23-7-8-26-47(44)62(50)52)69(56-32-14-12-30-54(56)67)58-34-18-28-49-46-25-10-16-36-61(46)71-64(49)58/h1-40H. The van der Waals surface area contributed by atoms with Gasteiger partial charge in [0, 0.05) is 32.6 Å². The Morgan fingerprint density at radius 2 is 0.775 bits per heavy atom. The van der Waals surface area contributed by atoms with Gasteiger partial charge in [-0.05, 0) is 105 Å². The number of para-hydroxylation sites is 6. The summed E-state index contributed by atoms with van der Waals surface area (Å²) >= 11 is 0. The van der Waals surface area contributed by atoms with E-state index in [1.165, 1.54) is 12.1 Å². The van der Waals surface area contributed by atoms with E-state index in [0.717, 1.165) is 88.2 Å². The highest BCUT2D eigenvalue weighted by Gasteiger charge is 2.48. The van der Waals surface area contributed by atoms with Crippen LogP contribution in [0.1, 0.15) is 22.3 Å². The number of nitrogens with zero attached hydrogens (tertiary/aromatic N) is 2. The van der Waals surface area contributed by atoms with Crippen LogP contribution in [0.2, 0.25) is 0 Å². The van der Waals surface area contributed by atoms with Crippen LogP contribution in [-0.2, 0) is 5.41 Å². The molecule has 0 unspecified atom stereocenters. The molecule has 4 nitrogen and oxygen atoms in total. The molecule has 0 fully saturated rings. The molecule has 0 amide bonds. The number of halogens is 2. The van der Waals surface area contributed by atoms with Crippen LogP contribution < -0.4 is 9.80 Å². The Bertz CT molecular complexity index is 4200. The molecule has 0 bridgehead atoms. The van der Waals surface area contributed by atoms with Gasteiger partial charge in [0.1, 0.15) is 22.8 Å². The third kappa shape index (κ3) is 6.01. The largest absolute Gasteiger partial charge is 0.454 e. The summed E-state index contributed by atoms with van der Waals surface area (Å²) in [5.41, 5.74) is 11.8. The molecule has 0 N–H and O–H groups in total. The lowest BCUT2D eigenvalue weighted by Gasteiger charge is -2.36. The zero-order valence-electron chi connectivity index (χ0n) is 38.1. The minimum Gasteiger partial charge on any atom is -0.454 e. The van der Waals surface area contributed by atoms with Crippen molar-refractivity contribution in [3.05, 3.63) is 277 Å². The highest BCUT2D eigenvalue weighted by atomic mass is 19.1. The number of hydrogen-bond acceptors (Lipinski definition) is 4. The minimum absolute atomic E-state index is 0.370. The van der Waals surface area contributed by atoms with Gasteiger partial charge in [-0.25, -0.2) is 8.78 Å². The van der Waals surface area contributed by atoms with E-state index in [1.54, 1.807) is 12.1 Å². The fourth-order valence-corrected chi connectivity index (χ4v) is 11.5. The topological polar surface area (TPSA) is 32.8 Å². The van der Waals surface area contributed by atoms with Gasteiger partial charge in [-0.15, -0.1) is 0 Å². The first-order valence-corrected chi connectivity index (χ1v) is 23.8. The van der Waals surface area contributed by atoms with Crippen LogP contribution in [0.4, 0.5) is 42.9 Å². The van der Waals surface area contributed by atoms with E-state index in [-0.39, 0.29) is 11.6 Å². The lowest BCUT2D eigenvalue weighted by molar-refractivity contribution is 0.628. The van der Waals surface area contributed by atoms with Crippen LogP contribution in [0.15, 0.2) is 251 Å². The maximum atomic E-state index is 16.9. The van der Waals surface area contributed by atoms with Crippen molar-refractivity contribution >= 4 is 88.8 Å². The quantitative estimate of drug-likeness (QED) is 0.152. The SMILES string of the molecule is Fc1ccccc1N(c1ccc2c(c1)C(c1ccccc1)(c1ccccc1)c1cc(N(c3ccccc3F)c3cccc4c3oc3ccccc34)c3ccccc3c1-2)c1cccc2c1oc1ccccc12. The number of hydrogen-bond donors (Lipinski definition) is 0. The third-order valence-electron chi connectivity index (χ3n) is 14.5. The second kappa shape index (κ2) is 15.9. The van der Waals surface area contributed by atoms with E-state index in [1.807, 2.05) is 113 Å². The zero-order chi connectivity index (χ0) is 47.2. The van der Waals surface area contributed by atoms with Gasteiger partial charge in [-0.1, -0.05) is 176 Å². The van der Waals surface area contributed by atoms with Crippen LogP contribution in [0.3, 0.4) is 0 Å². The van der Waals surface area contributed by atoms with Gasteiger partial charge in [0.2, 0.25) is 0 Å². The first kappa shape index (κ1) is 40.8. The Labute approximate surface area is 407 Å². The Balaban J connectivity index is 1.10. The zero-order valence-corrected chi connectivity index (χ0v) is 38.1. The maximum absolute atomic E-state index is 16.9. The summed E-state index contributed by atoms with van der Waals surface area (Å²) in [6, 6.07) is 80.5. The van der Waals surface area contributed by atoms with Crippen molar-refractivity contribution in [2.75, 3.05) is 9.80 Å². The molecule has 336 valence electrons. The molecule has 0 aliphatic heterocycles. The van der Waals surface area contributed by atoms with Crippen molar-refractivity contribution in [3.8, 4) is 11.1 Å². The van der Waals surface area contributed by atoms with Gasteiger partial charge >= 0.3 is 0 Å². The minimum atomic E-state index is -0.944. The second-order valence-electron chi connectivity index (χ2n) is 18.2. The molecule has 0 spiro atoms. The highest BCUT2D eigenvalue weighted by molar-refractivity contribution is 6.15. The summed E-state index contributed by atoms with van der Waals surface area (Å²) in [5.74, 6) is -0.742. The summed E-state index contributed by atoms with van der Waals surface area (Å²) in [7, 11) is 0. The van der Waals surface area contributed by atoms with E-state index in [0.29, 0.717) is 33.9 Å². The first-order chi connectivity index (χ1) is 35.1. The van der Waals surface area contributed by atoms with Gasteiger partial charge in [0.15, 0.2) is 11.2 Å². The van der Waals surface area contributed by atoms with Gasteiger partial charge in [-0.3, -0.25) is 0 Å². The van der Waals surface area contributed by atoms with E-state index < -0.39 is 5.41 Å². The van der Waals surface area contributed by atoms with Crippen LogP contribution in [0.5, 0.6) is 0 Å². The van der Waals surface area contributed by atoms with E-state index in [4.69, 9.17) is 8.83 Å². The highest BCUT2D eigenvalue weighted by Crippen LogP contribution is 2.61. The summed E-state index contributed by atoms with van der Waals surface area (Å²) in [6.07, 6.45) is 0. The molecule has 2 heterocycles. The van der Waals surface area contributed by atoms with Crippen molar-refractivity contribution in [1.82, 2.24) is 0 Å². The summed E-state index contributed by atoms with van der Waals surface area (Å²) in [4.78, 5) is 4.02. The van der Waals surface area contributed by atoms with E-state index in [2.05, 4.69) is 115 Å². The van der Waals surface area contributed by atoms with Crippen LogP contribution >= 0.6 is 0 Å². The average Bonchev–Trinajstić information content (AvgIpc) is 4.10. The fourth-order valence-electron chi connectivity index (χ4n) is 11.5. The molecule has 11 aromatic carbocycles. The lowest BCUT2D eigenvalue weighted by atomic mass is 9.67. The maximum Gasteiger partial charge on any atom is 0.159 e. The van der Waals surface area contributed by atoms with Crippen LogP contribution in [-0.4, -0.2) is 0 Å². The summed E-state index contributed by atoms with van der Waals surface area (Å²) in [6.45, 7) is 0. The van der Waals surface area contributed by atoms with Crippen LogP contribution in [0.25, 0.3) is 65.8 Å². The van der Waals surface area contributed by atoms with E-state index in [9.17, 15) is 0 Å². The molecule has 1 aliphatic rings. The molecule has 0 atom stereocenters. The smallest absolute Gasteiger partial charge is 0.159 e. The molecular weight excluding hydrogens is 879 g/mol. The Hall–Kier alpha value is -9.26. The van der Waals surface area contributed by atoms with Crippen molar-refractivity contribution in [1.29, 1.82) is 0 Å². The van der Waals surface area contributed by atoms with Gasteiger partial charge in [0.25, 0.3) is 0 Å². The number of anilines is 6. The monoisotopic (exact) mass is 918 g/mol. The molecule has 13 aromatic rings. The molecule has 1 aliphatic carbocycles. The molecule has 0 saturated heterocycles. The van der Waals surface area contributed by atoms with Gasteiger partial charge < -0.3 is 18.6 Å². The molecule has 2 aromatic heterocycles. The fraction of sp³-hybridized carbons (Fsp3) is 0.0154. The second-order valence-corrected chi connectivity index (χ2v) is 18.2. The molecule has 0 saturated carbocycles. The van der Waals surface area contributed by atoms with E-state index >= 15 is 8.78 Å². The molecular formula is C65H40F2N2O2. The van der Waals surface area contributed by atoms with Crippen molar-refractivity contribution in [3.63, 3.8) is 0 Å².